The van der Waals surface area contributed by atoms with Crippen molar-refractivity contribution in [1.82, 2.24) is 9.44 Å². The van der Waals surface area contributed by atoms with Gasteiger partial charge in [0.1, 0.15) is 5.54 Å². The molecule has 0 aromatic heterocycles. The van der Waals surface area contributed by atoms with Crippen molar-refractivity contribution in [2.24, 2.45) is 0 Å². The van der Waals surface area contributed by atoms with Gasteiger partial charge in [0.2, 0.25) is 0 Å². The molecule has 0 bridgehead atoms. The van der Waals surface area contributed by atoms with Crippen molar-refractivity contribution < 1.29 is 18.3 Å². The quantitative estimate of drug-likeness (QED) is 0.613. The highest BCUT2D eigenvalue weighted by molar-refractivity contribution is 7.87. The van der Waals surface area contributed by atoms with Gasteiger partial charge in [0.25, 0.3) is 10.2 Å². The Morgan fingerprint density at radius 3 is 2.00 bits per heavy atom. The summed E-state index contributed by atoms with van der Waals surface area (Å²) in [7, 11) is -3.79. The number of hydrogen-bond donors (Lipinski definition) is 3. The first-order valence-electron chi connectivity index (χ1n) is 5.23. The van der Waals surface area contributed by atoms with E-state index in [-0.39, 0.29) is 18.9 Å². The van der Waals surface area contributed by atoms with E-state index in [0.29, 0.717) is 0 Å². The Morgan fingerprint density at radius 2 is 1.75 bits per heavy atom. The SMILES string of the molecule is CCC(CC)(NS(=O)(=O)NC(C)C)C(=O)O. The standard InChI is InChI=1S/C9H20N2O4S/c1-5-9(6-2,8(12)13)11-16(14,15)10-7(3)4/h7,10-11H,5-6H2,1-4H3,(H,12,13). The van der Waals surface area contributed by atoms with E-state index >= 15 is 0 Å². The molecule has 96 valence electrons. The van der Waals surface area contributed by atoms with Crippen LogP contribution in [0.25, 0.3) is 0 Å². The smallest absolute Gasteiger partial charge is 0.324 e. The van der Waals surface area contributed by atoms with Crippen LogP contribution in [-0.4, -0.2) is 31.1 Å². The highest BCUT2D eigenvalue weighted by Crippen LogP contribution is 2.16. The van der Waals surface area contributed by atoms with E-state index in [4.69, 9.17) is 5.11 Å². The molecule has 0 unspecified atom stereocenters. The van der Waals surface area contributed by atoms with Gasteiger partial charge in [0, 0.05) is 6.04 Å². The van der Waals surface area contributed by atoms with Crippen LogP contribution in [0, 0.1) is 0 Å². The maximum Gasteiger partial charge on any atom is 0.324 e. The highest BCUT2D eigenvalue weighted by Gasteiger charge is 2.38. The molecule has 6 nitrogen and oxygen atoms in total. The second-order valence-corrected chi connectivity index (χ2v) is 5.42. The van der Waals surface area contributed by atoms with E-state index in [1.807, 2.05) is 0 Å². The lowest BCUT2D eigenvalue weighted by molar-refractivity contribution is -0.144. The molecule has 0 heterocycles. The molecule has 0 aliphatic rings. The van der Waals surface area contributed by atoms with Gasteiger partial charge in [-0.15, -0.1) is 0 Å². The van der Waals surface area contributed by atoms with Crippen LogP contribution in [0.1, 0.15) is 40.5 Å². The summed E-state index contributed by atoms with van der Waals surface area (Å²) in [4.78, 5) is 11.1. The summed E-state index contributed by atoms with van der Waals surface area (Å²) in [5.74, 6) is -1.16. The lowest BCUT2D eigenvalue weighted by Crippen LogP contribution is -2.57. The van der Waals surface area contributed by atoms with Gasteiger partial charge in [-0.2, -0.15) is 17.9 Å². The molecular formula is C9H20N2O4S. The molecular weight excluding hydrogens is 232 g/mol. The molecule has 0 aliphatic heterocycles. The summed E-state index contributed by atoms with van der Waals surface area (Å²) in [5, 5.41) is 9.07. The number of rotatable bonds is 7. The van der Waals surface area contributed by atoms with E-state index in [1.54, 1.807) is 27.7 Å². The van der Waals surface area contributed by atoms with Gasteiger partial charge in [-0.3, -0.25) is 4.79 Å². The van der Waals surface area contributed by atoms with Crippen LogP contribution in [-0.2, 0) is 15.0 Å². The number of carbonyl (C=O) groups is 1. The third kappa shape index (κ3) is 4.07. The van der Waals surface area contributed by atoms with Gasteiger partial charge in [-0.05, 0) is 26.7 Å². The van der Waals surface area contributed by atoms with Crippen LogP contribution in [0.3, 0.4) is 0 Å². The fourth-order valence-electron chi connectivity index (χ4n) is 1.34. The number of aliphatic carboxylic acids is 1. The highest BCUT2D eigenvalue weighted by atomic mass is 32.2. The van der Waals surface area contributed by atoms with Crippen molar-refractivity contribution in [3.63, 3.8) is 0 Å². The van der Waals surface area contributed by atoms with Gasteiger partial charge < -0.3 is 5.11 Å². The van der Waals surface area contributed by atoms with E-state index in [9.17, 15) is 13.2 Å². The minimum absolute atomic E-state index is 0.192. The fraction of sp³-hybridized carbons (Fsp3) is 0.889. The molecule has 0 aliphatic carbocycles. The van der Waals surface area contributed by atoms with Crippen molar-refractivity contribution in [2.75, 3.05) is 0 Å². The van der Waals surface area contributed by atoms with Crippen LogP contribution in [0.4, 0.5) is 0 Å². The zero-order valence-electron chi connectivity index (χ0n) is 10.1. The Balaban J connectivity index is 4.97. The first-order chi connectivity index (χ1) is 7.19. The monoisotopic (exact) mass is 252 g/mol. The Labute approximate surface area is 96.6 Å². The van der Waals surface area contributed by atoms with Crippen LogP contribution in [0.5, 0.6) is 0 Å². The molecule has 7 heteroatoms. The lowest BCUT2D eigenvalue weighted by atomic mass is 9.95. The zero-order valence-corrected chi connectivity index (χ0v) is 10.9. The average Bonchev–Trinajstić information content (AvgIpc) is 2.11. The summed E-state index contributed by atoms with van der Waals surface area (Å²) in [6.45, 7) is 6.60. The normalized spacial score (nSPS) is 13.1. The topological polar surface area (TPSA) is 95.5 Å². The van der Waals surface area contributed by atoms with E-state index < -0.39 is 21.7 Å². The van der Waals surface area contributed by atoms with Crippen LogP contribution < -0.4 is 9.44 Å². The number of carboxylic acids is 1. The van der Waals surface area contributed by atoms with Crippen molar-refractivity contribution in [3.8, 4) is 0 Å². The van der Waals surface area contributed by atoms with E-state index in [2.05, 4.69) is 9.44 Å². The first kappa shape index (κ1) is 15.3. The summed E-state index contributed by atoms with van der Waals surface area (Å²) in [6.07, 6.45) is 0.385. The molecule has 0 amide bonds. The zero-order chi connectivity index (χ0) is 13.0. The average molecular weight is 252 g/mol. The Kier molecular flexibility index (Phi) is 5.37. The van der Waals surface area contributed by atoms with Crippen molar-refractivity contribution in [1.29, 1.82) is 0 Å². The van der Waals surface area contributed by atoms with Crippen LogP contribution in [0.15, 0.2) is 0 Å². The third-order valence-electron chi connectivity index (χ3n) is 2.34. The molecule has 3 N–H and O–H groups in total. The molecule has 0 fully saturated rings. The van der Waals surface area contributed by atoms with E-state index in [0.717, 1.165) is 0 Å². The maximum atomic E-state index is 11.6. The Morgan fingerprint density at radius 1 is 1.31 bits per heavy atom. The summed E-state index contributed by atoms with van der Waals surface area (Å²) >= 11 is 0. The lowest BCUT2D eigenvalue weighted by Gasteiger charge is -2.28. The van der Waals surface area contributed by atoms with Crippen molar-refractivity contribution in [3.05, 3.63) is 0 Å². The maximum absolute atomic E-state index is 11.6. The largest absolute Gasteiger partial charge is 0.480 e. The van der Waals surface area contributed by atoms with Gasteiger partial charge in [-0.1, -0.05) is 13.8 Å². The molecule has 0 aromatic rings. The second-order valence-electron chi connectivity index (χ2n) is 3.97. The van der Waals surface area contributed by atoms with Gasteiger partial charge >= 0.3 is 5.97 Å². The second kappa shape index (κ2) is 5.60. The van der Waals surface area contributed by atoms with Gasteiger partial charge in [0.15, 0.2) is 0 Å². The summed E-state index contributed by atoms with van der Waals surface area (Å²) in [5.41, 5.74) is -1.43. The number of carboxylic acid groups (broad SMARTS) is 1. The minimum atomic E-state index is -3.79. The third-order valence-corrected chi connectivity index (χ3v) is 3.78. The molecule has 0 atom stereocenters. The van der Waals surface area contributed by atoms with Gasteiger partial charge in [-0.25, -0.2) is 0 Å². The number of hydrogen-bond acceptors (Lipinski definition) is 3. The molecule has 0 saturated carbocycles. The molecule has 0 radical (unpaired) electrons. The molecule has 0 aromatic carbocycles. The van der Waals surface area contributed by atoms with Crippen LogP contribution in [0.2, 0.25) is 0 Å². The molecule has 16 heavy (non-hydrogen) atoms. The Bertz CT molecular complexity index is 333. The molecule has 0 spiro atoms. The van der Waals surface area contributed by atoms with E-state index in [1.165, 1.54) is 0 Å². The summed E-state index contributed by atoms with van der Waals surface area (Å²) < 4.78 is 27.7. The van der Waals surface area contributed by atoms with Gasteiger partial charge in [0.05, 0.1) is 0 Å². The predicted molar refractivity (Wildman–Crippen MR) is 61.3 cm³/mol. The summed E-state index contributed by atoms with van der Waals surface area (Å²) in [6, 6.07) is -0.280. The first-order valence-corrected chi connectivity index (χ1v) is 6.72. The Hall–Kier alpha value is -0.660. The minimum Gasteiger partial charge on any atom is -0.480 e. The fourth-order valence-corrected chi connectivity index (χ4v) is 2.91. The van der Waals surface area contributed by atoms with Crippen molar-refractivity contribution >= 4 is 16.2 Å². The van der Waals surface area contributed by atoms with Crippen molar-refractivity contribution in [2.45, 2.75) is 52.1 Å². The molecule has 0 saturated heterocycles. The molecule has 0 rings (SSSR count). The number of nitrogens with one attached hydrogen (secondary N) is 2. The van der Waals surface area contributed by atoms with Crippen LogP contribution >= 0.6 is 0 Å². The predicted octanol–water partition coefficient (Wildman–Crippen LogP) is 0.462.